The van der Waals surface area contributed by atoms with Gasteiger partial charge in [0.2, 0.25) is 16.0 Å². The van der Waals surface area contributed by atoms with Crippen LogP contribution >= 0.6 is 0 Å². The number of rotatable bonds is 12. The van der Waals surface area contributed by atoms with Crippen LogP contribution in [0.15, 0.2) is 43.0 Å². The Morgan fingerprint density at radius 2 is 1.86 bits per heavy atom. The fourth-order valence-electron chi connectivity index (χ4n) is 3.25. The Morgan fingerprint density at radius 1 is 1.22 bits per heavy atom. The molecule has 1 unspecified atom stereocenters. The Balaban J connectivity index is 2.47. The van der Waals surface area contributed by atoms with E-state index in [1.807, 2.05) is 13.8 Å². The van der Waals surface area contributed by atoms with Gasteiger partial charge in [0, 0.05) is 24.6 Å². The van der Waals surface area contributed by atoms with Crippen molar-refractivity contribution in [3.63, 3.8) is 0 Å². The molecule has 0 saturated heterocycles. The molecule has 2 aromatic rings. The molecule has 0 aliphatic heterocycles. The second kappa shape index (κ2) is 12.7. The lowest BCUT2D eigenvalue weighted by Crippen LogP contribution is -2.27. The number of anilines is 1. The summed E-state index contributed by atoms with van der Waals surface area (Å²) in [6.45, 7) is 7.21. The average molecular weight is 522 g/mol. The van der Waals surface area contributed by atoms with Crippen LogP contribution in [0.25, 0.3) is 17.3 Å². The molecule has 0 fully saturated rings. The summed E-state index contributed by atoms with van der Waals surface area (Å²) in [5.41, 5.74) is 1.87. The van der Waals surface area contributed by atoms with E-state index in [0.717, 1.165) is 10.6 Å². The Hall–Kier alpha value is -3.15. The minimum absolute atomic E-state index is 0.0304. The van der Waals surface area contributed by atoms with E-state index in [1.54, 1.807) is 6.08 Å². The zero-order chi connectivity index (χ0) is 27.0. The molecule has 1 heterocycles. The molecule has 36 heavy (non-hydrogen) atoms. The lowest BCUT2D eigenvalue weighted by molar-refractivity contribution is -0.144. The number of nitrogens with zero attached hydrogens (tertiary/aromatic N) is 3. The summed E-state index contributed by atoms with van der Waals surface area (Å²) < 4.78 is 43.6. The number of esters is 1. The number of aliphatic hydroxyl groups is 2. The molecule has 2 N–H and O–H groups in total. The standard InChI is InChI=1S/C25H32FN3O6S/c1-6-13-35-22(32)15-20(31)14-19(30)11-12-21-23(16(2)3)27-25(29(4)36(5,33)34)28-24(21)17-7-9-18(26)10-8-17/h6-12,16,19-20,30-31H,1,13-15H2,2-5H3/b12-11+/t19-,20?/m1/s1. The van der Waals surface area contributed by atoms with Gasteiger partial charge in [0.25, 0.3) is 0 Å². The van der Waals surface area contributed by atoms with Crippen LogP contribution in [0.3, 0.4) is 0 Å². The quantitative estimate of drug-likeness (QED) is 0.322. The first-order valence-corrected chi connectivity index (χ1v) is 13.1. The van der Waals surface area contributed by atoms with E-state index in [0.29, 0.717) is 22.5 Å². The van der Waals surface area contributed by atoms with E-state index >= 15 is 0 Å². The maximum absolute atomic E-state index is 13.6. The van der Waals surface area contributed by atoms with E-state index < -0.39 is 34.0 Å². The molecule has 2 rings (SSSR count). The molecule has 0 bridgehead atoms. The van der Waals surface area contributed by atoms with Crippen molar-refractivity contribution in [3.8, 4) is 11.3 Å². The summed E-state index contributed by atoms with van der Waals surface area (Å²) in [4.78, 5) is 20.6. The van der Waals surface area contributed by atoms with Crippen LogP contribution in [-0.4, -0.2) is 66.7 Å². The molecule has 0 aliphatic rings. The van der Waals surface area contributed by atoms with E-state index in [1.165, 1.54) is 43.5 Å². The number of hydrogen-bond acceptors (Lipinski definition) is 8. The fraction of sp³-hybridized carbons (Fsp3) is 0.400. The van der Waals surface area contributed by atoms with E-state index in [4.69, 9.17) is 4.74 Å². The third kappa shape index (κ3) is 8.21. The van der Waals surface area contributed by atoms with Crippen LogP contribution in [0, 0.1) is 5.82 Å². The second-order valence-electron chi connectivity index (χ2n) is 8.56. The monoisotopic (exact) mass is 521 g/mol. The molecule has 0 spiro atoms. The highest BCUT2D eigenvalue weighted by atomic mass is 32.2. The molecule has 2 atom stereocenters. The summed E-state index contributed by atoms with van der Waals surface area (Å²) in [6, 6.07) is 5.55. The molecule has 0 amide bonds. The minimum atomic E-state index is -3.65. The molecule has 0 radical (unpaired) electrons. The van der Waals surface area contributed by atoms with Crippen LogP contribution in [-0.2, 0) is 19.6 Å². The molecule has 11 heteroatoms. The zero-order valence-electron chi connectivity index (χ0n) is 20.8. The van der Waals surface area contributed by atoms with Crippen LogP contribution in [0.2, 0.25) is 0 Å². The van der Waals surface area contributed by atoms with E-state index in [2.05, 4.69) is 16.5 Å². The molecule has 1 aromatic carbocycles. The summed E-state index contributed by atoms with van der Waals surface area (Å²) >= 11 is 0. The number of aliphatic hydroxyl groups excluding tert-OH is 2. The number of hydrogen-bond donors (Lipinski definition) is 2. The topological polar surface area (TPSA) is 130 Å². The van der Waals surface area contributed by atoms with Crippen LogP contribution in [0.4, 0.5) is 10.3 Å². The molecule has 0 aliphatic carbocycles. The summed E-state index contributed by atoms with van der Waals surface area (Å²) in [5.74, 6) is -1.27. The lowest BCUT2D eigenvalue weighted by atomic mass is 9.97. The highest BCUT2D eigenvalue weighted by Gasteiger charge is 2.22. The highest BCUT2D eigenvalue weighted by Crippen LogP contribution is 2.31. The van der Waals surface area contributed by atoms with Gasteiger partial charge in [-0.25, -0.2) is 27.1 Å². The van der Waals surface area contributed by atoms with Crippen molar-refractivity contribution in [2.24, 2.45) is 0 Å². The van der Waals surface area contributed by atoms with E-state index in [-0.39, 0.29) is 31.3 Å². The number of carbonyl (C=O) groups is 1. The van der Waals surface area contributed by atoms with Gasteiger partial charge in [-0.3, -0.25) is 4.79 Å². The molecular formula is C25H32FN3O6S. The van der Waals surface area contributed by atoms with Crippen LogP contribution < -0.4 is 4.31 Å². The predicted octanol–water partition coefficient (Wildman–Crippen LogP) is 3.05. The molecule has 0 saturated carbocycles. The fourth-order valence-corrected chi connectivity index (χ4v) is 3.63. The maximum atomic E-state index is 13.6. The summed E-state index contributed by atoms with van der Waals surface area (Å²) in [6.07, 6.45) is 2.78. The first-order valence-electron chi connectivity index (χ1n) is 11.3. The normalized spacial score (nSPS) is 13.6. The van der Waals surface area contributed by atoms with Crippen molar-refractivity contribution in [1.29, 1.82) is 0 Å². The van der Waals surface area contributed by atoms with Crippen molar-refractivity contribution in [1.82, 2.24) is 9.97 Å². The van der Waals surface area contributed by atoms with Crippen molar-refractivity contribution in [3.05, 3.63) is 60.1 Å². The van der Waals surface area contributed by atoms with Gasteiger partial charge >= 0.3 is 5.97 Å². The van der Waals surface area contributed by atoms with Gasteiger partial charge in [0.05, 0.1) is 36.3 Å². The Kier molecular flexibility index (Phi) is 10.3. The van der Waals surface area contributed by atoms with E-state index in [9.17, 15) is 27.8 Å². The summed E-state index contributed by atoms with van der Waals surface area (Å²) in [7, 11) is -2.32. The van der Waals surface area contributed by atoms with Gasteiger partial charge in [-0.05, 0) is 30.2 Å². The van der Waals surface area contributed by atoms with Gasteiger partial charge in [0.15, 0.2) is 0 Å². The van der Waals surface area contributed by atoms with Crippen molar-refractivity contribution < 1.29 is 32.6 Å². The second-order valence-corrected chi connectivity index (χ2v) is 10.6. The summed E-state index contributed by atoms with van der Waals surface area (Å²) in [5, 5.41) is 20.6. The Labute approximate surface area is 211 Å². The van der Waals surface area contributed by atoms with Gasteiger partial charge in [-0.15, -0.1) is 0 Å². The lowest BCUT2D eigenvalue weighted by Gasteiger charge is -2.20. The molecule has 9 nitrogen and oxygen atoms in total. The van der Waals surface area contributed by atoms with Gasteiger partial charge in [-0.1, -0.05) is 38.7 Å². The van der Waals surface area contributed by atoms with Gasteiger partial charge in [0.1, 0.15) is 12.4 Å². The Morgan fingerprint density at radius 3 is 2.42 bits per heavy atom. The van der Waals surface area contributed by atoms with Gasteiger partial charge in [-0.2, -0.15) is 0 Å². The highest BCUT2D eigenvalue weighted by molar-refractivity contribution is 7.92. The predicted molar refractivity (Wildman–Crippen MR) is 136 cm³/mol. The van der Waals surface area contributed by atoms with Crippen molar-refractivity contribution in [2.75, 3.05) is 24.2 Å². The average Bonchev–Trinajstić information content (AvgIpc) is 2.80. The largest absolute Gasteiger partial charge is 0.461 e. The number of ether oxygens (including phenoxy) is 1. The minimum Gasteiger partial charge on any atom is -0.461 e. The first kappa shape index (κ1) is 29.1. The third-order valence-corrected chi connectivity index (χ3v) is 6.33. The molecule has 1 aromatic heterocycles. The number of halogens is 1. The SMILES string of the molecule is C=CCOC(=O)CC(O)C[C@H](O)/C=C/c1c(-c2ccc(F)cc2)nc(N(C)S(C)(=O)=O)nc1C(C)C. The van der Waals surface area contributed by atoms with Crippen molar-refractivity contribution in [2.45, 2.75) is 44.8 Å². The van der Waals surface area contributed by atoms with Crippen LogP contribution in [0.5, 0.6) is 0 Å². The maximum Gasteiger partial charge on any atom is 0.308 e. The Bertz CT molecular complexity index is 1200. The molecular weight excluding hydrogens is 489 g/mol. The third-order valence-electron chi connectivity index (χ3n) is 5.17. The molecule has 196 valence electrons. The van der Waals surface area contributed by atoms with Gasteiger partial charge < -0.3 is 14.9 Å². The first-order chi connectivity index (χ1) is 16.8. The zero-order valence-corrected chi connectivity index (χ0v) is 21.6. The number of carbonyl (C=O) groups excluding carboxylic acids is 1. The van der Waals surface area contributed by atoms with Crippen molar-refractivity contribution >= 4 is 28.0 Å². The number of benzene rings is 1. The number of aromatic nitrogens is 2. The van der Waals surface area contributed by atoms with Crippen LogP contribution in [0.1, 0.15) is 43.9 Å². The number of sulfonamides is 1. The smallest absolute Gasteiger partial charge is 0.308 e.